The van der Waals surface area contributed by atoms with E-state index < -0.39 is 0 Å². The molecule has 0 bridgehead atoms. The van der Waals surface area contributed by atoms with E-state index in [1.165, 1.54) is 43.9 Å². The van der Waals surface area contributed by atoms with Gasteiger partial charge in [0, 0.05) is 39.2 Å². The molecule has 0 radical (unpaired) electrons. The van der Waals surface area contributed by atoms with E-state index in [9.17, 15) is 9.59 Å². The normalized spacial score (nSPS) is 42.2. The van der Waals surface area contributed by atoms with E-state index in [1.54, 1.807) is 12.5 Å². The Morgan fingerprint density at radius 3 is 2.63 bits per heavy atom. The average molecular weight is 526 g/mol. The van der Waals surface area contributed by atoms with Crippen LogP contribution < -0.4 is 5.32 Å². The molecule has 5 aliphatic rings. The molecule has 1 N–H and O–H groups in total. The van der Waals surface area contributed by atoms with Gasteiger partial charge in [0.2, 0.25) is 5.91 Å². The first-order valence-electron chi connectivity index (χ1n) is 15.4. The zero-order chi connectivity index (χ0) is 27.5. The number of hydrogen-bond donors (Lipinski definition) is 1. The fourth-order valence-corrected chi connectivity index (χ4v) is 10.1. The lowest BCUT2D eigenvalue weighted by Gasteiger charge is -2.58. The monoisotopic (exact) mass is 525 g/mol. The zero-order valence-electron chi connectivity index (χ0n) is 25.0. The predicted octanol–water partition coefficient (Wildman–Crippen LogP) is 7.11. The van der Waals surface area contributed by atoms with Crippen LogP contribution in [0.5, 0.6) is 0 Å². The molecule has 0 spiro atoms. The van der Waals surface area contributed by atoms with Gasteiger partial charge in [-0.05, 0) is 98.4 Å². The maximum Gasteiger partial charge on any atom is 0.302 e. The van der Waals surface area contributed by atoms with Gasteiger partial charge in [-0.15, -0.1) is 0 Å². The number of fused-ring (bicyclic) bond motifs is 7. The van der Waals surface area contributed by atoms with Crippen LogP contribution in [-0.2, 0) is 19.1 Å². The third-order valence-corrected chi connectivity index (χ3v) is 11.9. The Morgan fingerprint density at radius 1 is 1.18 bits per heavy atom. The molecule has 4 aliphatic carbocycles. The van der Waals surface area contributed by atoms with Crippen molar-refractivity contribution in [3.8, 4) is 0 Å². The number of rotatable bonds is 7. The van der Waals surface area contributed by atoms with E-state index in [0.717, 1.165) is 56.9 Å². The molecule has 3 fully saturated rings. The molecule has 38 heavy (non-hydrogen) atoms. The Balaban J connectivity index is 1.35. The number of amides is 1. The van der Waals surface area contributed by atoms with Crippen LogP contribution in [0.15, 0.2) is 23.0 Å². The Hall–Kier alpha value is -1.78. The molecule has 0 saturated heterocycles. The third-order valence-electron chi connectivity index (χ3n) is 11.9. The largest absolute Gasteiger partial charge is 0.491 e. The highest BCUT2D eigenvalue weighted by atomic mass is 16.5. The van der Waals surface area contributed by atoms with Crippen LogP contribution in [0.3, 0.4) is 0 Å². The van der Waals surface area contributed by atoms with Gasteiger partial charge in [-0.25, -0.2) is 0 Å². The molecule has 1 heterocycles. The first kappa shape index (κ1) is 27.8. The zero-order valence-corrected chi connectivity index (χ0v) is 25.0. The molecule has 5 heteroatoms. The topological polar surface area (TPSA) is 64.6 Å². The van der Waals surface area contributed by atoms with Gasteiger partial charge in [0.15, 0.2) is 0 Å². The van der Waals surface area contributed by atoms with E-state index in [-0.39, 0.29) is 29.0 Å². The molecular weight excluding hydrogens is 474 g/mol. The average Bonchev–Trinajstić information content (AvgIpc) is 3.30. The molecule has 0 aromatic rings. The number of hydrogen-bond acceptors (Lipinski definition) is 4. The predicted molar refractivity (Wildman–Crippen MR) is 150 cm³/mol. The van der Waals surface area contributed by atoms with Crippen LogP contribution in [0.2, 0.25) is 0 Å². The summed E-state index contributed by atoms with van der Waals surface area (Å²) in [7, 11) is 0. The molecule has 5 nitrogen and oxygen atoms in total. The van der Waals surface area contributed by atoms with Crippen molar-refractivity contribution in [2.45, 2.75) is 124 Å². The van der Waals surface area contributed by atoms with Crippen molar-refractivity contribution in [2.24, 2.45) is 40.4 Å². The van der Waals surface area contributed by atoms with Gasteiger partial charge in [0.05, 0.1) is 5.76 Å². The second-order valence-electron chi connectivity index (χ2n) is 14.1. The second-order valence-corrected chi connectivity index (χ2v) is 14.1. The van der Waals surface area contributed by atoms with Crippen LogP contribution in [0.4, 0.5) is 0 Å². The number of esters is 1. The summed E-state index contributed by atoms with van der Waals surface area (Å²) in [6.07, 6.45) is 13.7. The number of allylic oxidation sites excluding steroid dienone is 2. The van der Waals surface area contributed by atoms with Gasteiger partial charge >= 0.3 is 5.97 Å². The highest BCUT2D eigenvalue weighted by molar-refractivity contribution is 5.72. The lowest BCUT2D eigenvalue weighted by atomic mass is 9.47. The summed E-state index contributed by atoms with van der Waals surface area (Å²) < 4.78 is 12.7. The van der Waals surface area contributed by atoms with Crippen molar-refractivity contribution in [1.82, 2.24) is 5.32 Å². The quantitative estimate of drug-likeness (QED) is 0.284. The summed E-state index contributed by atoms with van der Waals surface area (Å²) in [5.74, 6) is 4.26. The number of carbonyl (C=O) groups excluding carboxylic acids is 2. The van der Waals surface area contributed by atoms with Gasteiger partial charge < -0.3 is 14.8 Å². The highest BCUT2D eigenvalue weighted by Crippen LogP contribution is 2.72. The van der Waals surface area contributed by atoms with Crippen molar-refractivity contribution >= 4 is 11.9 Å². The van der Waals surface area contributed by atoms with E-state index in [4.69, 9.17) is 9.47 Å². The summed E-state index contributed by atoms with van der Waals surface area (Å²) in [5.41, 5.74) is 3.57. The molecule has 0 aromatic carbocycles. The SMILES string of the molecule is CC[C@@]12C[C@@H]3[C@@H]4CC=C5C[C@H](OC(C)=O)CC[C@]5(C)[C@@H]4CC[C@]3(C)[C@@H]1C(C)=C(CC[C@@H](C)CNC(C)=O)O2. The smallest absolute Gasteiger partial charge is 0.302 e. The minimum atomic E-state index is -0.145. The Bertz CT molecular complexity index is 1030. The number of carbonyl (C=O) groups is 2. The van der Waals surface area contributed by atoms with Crippen LogP contribution in [-0.4, -0.2) is 30.1 Å². The van der Waals surface area contributed by atoms with Gasteiger partial charge in [0.25, 0.3) is 0 Å². The maximum atomic E-state index is 11.6. The van der Waals surface area contributed by atoms with E-state index in [1.807, 2.05) is 0 Å². The fourth-order valence-electron chi connectivity index (χ4n) is 10.1. The van der Waals surface area contributed by atoms with E-state index in [0.29, 0.717) is 23.2 Å². The van der Waals surface area contributed by atoms with E-state index >= 15 is 0 Å². The van der Waals surface area contributed by atoms with Crippen LogP contribution in [0.1, 0.15) is 113 Å². The van der Waals surface area contributed by atoms with Crippen LogP contribution >= 0.6 is 0 Å². The minimum Gasteiger partial charge on any atom is -0.491 e. The van der Waals surface area contributed by atoms with Gasteiger partial charge in [-0.3, -0.25) is 9.59 Å². The molecule has 5 rings (SSSR count). The first-order valence-corrected chi connectivity index (χ1v) is 15.4. The summed E-state index contributed by atoms with van der Waals surface area (Å²) in [4.78, 5) is 22.9. The first-order chi connectivity index (χ1) is 17.9. The van der Waals surface area contributed by atoms with Gasteiger partial charge in [0.1, 0.15) is 11.7 Å². The molecule has 0 unspecified atom stereocenters. The Morgan fingerprint density at radius 2 is 1.95 bits per heavy atom. The summed E-state index contributed by atoms with van der Waals surface area (Å²) in [6, 6.07) is 0. The lowest BCUT2D eigenvalue weighted by Crippen LogP contribution is -2.50. The van der Waals surface area contributed by atoms with Crippen molar-refractivity contribution in [3.63, 3.8) is 0 Å². The van der Waals surface area contributed by atoms with Gasteiger partial charge in [-0.2, -0.15) is 0 Å². The maximum absolute atomic E-state index is 11.6. The molecular formula is C33H51NO4. The van der Waals surface area contributed by atoms with Crippen molar-refractivity contribution < 1.29 is 19.1 Å². The number of ether oxygens (including phenoxy) is 2. The molecule has 212 valence electrons. The Kier molecular flexibility index (Phi) is 7.31. The highest BCUT2D eigenvalue weighted by Gasteiger charge is 2.68. The summed E-state index contributed by atoms with van der Waals surface area (Å²) in [5, 5.41) is 2.97. The Labute approximate surface area is 230 Å². The fraction of sp³-hybridized carbons (Fsp3) is 0.818. The van der Waals surface area contributed by atoms with Crippen molar-refractivity contribution in [3.05, 3.63) is 23.0 Å². The summed E-state index contributed by atoms with van der Waals surface area (Å²) in [6.45, 7) is 15.9. The molecule has 9 atom stereocenters. The van der Waals surface area contributed by atoms with Crippen molar-refractivity contribution in [1.29, 1.82) is 0 Å². The van der Waals surface area contributed by atoms with E-state index in [2.05, 4.69) is 46.0 Å². The van der Waals surface area contributed by atoms with Gasteiger partial charge in [-0.1, -0.05) is 39.3 Å². The third kappa shape index (κ3) is 4.44. The van der Waals surface area contributed by atoms with Crippen LogP contribution in [0.25, 0.3) is 0 Å². The minimum absolute atomic E-state index is 0.0491. The summed E-state index contributed by atoms with van der Waals surface area (Å²) >= 11 is 0. The molecule has 0 aromatic heterocycles. The molecule has 3 saturated carbocycles. The second kappa shape index (κ2) is 10.0. The standard InChI is InChI=1S/C33H51NO4/c1-8-33-18-28-26-11-10-24-17-25(37-23(5)36)13-15-31(24,6)27(26)14-16-32(28,7)30(33)21(3)29(38-33)12-9-20(2)19-34-22(4)35/h10,20,25-28,30H,8-9,11-19H2,1-7H3,(H,34,35)/t20-,25-,26-,27-,28-,30+,31+,32+,33-/m1/s1. The molecule has 1 amide bonds. The lowest BCUT2D eigenvalue weighted by molar-refractivity contribution is -0.148. The van der Waals surface area contributed by atoms with Crippen LogP contribution in [0, 0.1) is 40.4 Å². The number of nitrogens with one attached hydrogen (secondary N) is 1. The molecule has 1 aliphatic heterocycles. The van der Waals surface area contributed by atoms with Crippen molar-refractivity contribution in [2.75, 3.05) is 6.54 Å².